The molecule has 16 heteroatoms. The van der Waals surface area contributed by atoms with Crippen molar-refractivity contribution in [2.45, 2.75) is 123 Å². The number of imidazole rings is 1. The zero-order valence-electron chi connectivity index (χ0n) is 39.9. The number of benzene rings is 2. The molecule has 5 unspecified atom stereocenters. The van der Waals surface area contributed by atoms with E-state index in [9.17, 15) is 24.0 Å². The fourth-order valence-electron chi connectivity index (χ4n) is 10.6. The van der Waals surface area contributed by atoms with Crippen molar-refractivity contribution >= 4 is 46.2 Å². The maximum atomic E-state index is 14.0. The van der Waals surface area contributed by atoms with Crippen LogP contribution in [-0.2, 0) is 31.9 Å². The van der Waals surface area contributed by atoms with Crippen LogP contribution in [0.15, 0.2) is 53.5 Å². The summed E-state index contributed by atoms with van der Waals surface area (Å²) in [5.41, 5.74) is 7.18. The number of H-pyrrole nitrogens is 2. The van der Waals surface area contributed by atoms with Crippen LogP contribution in [0.2, 0.25) is 0 Å². The number of ether oxygens (including phenoxy) is 2. The van der Waals surface area contributed by atoms with E-state index >= 15 is 0 Å². The van der Waals surface area contributed by atoms with Crippen LogP contribution in [0.1, 0.15) is 121 Å². The number of carbonyl (C=O) groups is 4. The van der Waals surface area contributed by atoms with E-state index in [1.54, 1.807) is 16.2 Å². The second kappa shape index (κ2) is 19.7. The summed E-state index contributed by atoms with van der Waals surface area (Å²) in [4.78, 5) is 88.0. The normalized spacial score (nSPS) is 20.1. The fourth-order valence-corrected chi connectivity index (χ4v) is 11.9. The van der Waals surface area contributed by atoms with E-state index in [0.717, 1.165) is 79.6 Å². The second-order valence-electron chi connectivity index (χ2n) is 19.2. The Morgan fingerprint density at radius 2 is 1.31 bits per heavy atom. The minimum Gasteiger partial charge on any atom is -0.453 e. The molecule has 15 nitrogen and oxygen atoms in total. The van der Waals surface area contributed by atoms with Gasteiger partial charge in [0.1, 0.15) is 23.7 Å². The second-order valence-corrected chi connectivity index (χ2v) is 20.2. The van der Waals surface area contributed by atoms with Crippen molar-refractivity contribution in [3.8, 4) is 32.1 Å². The number of thiophene rings is 1. The van der Waals surface area contributed by atoms with E-state index in [0.29, 0.717) is 36.2 Å². The zero-order valence-corrected chi connectivity index (χ0v) is 40.7. The molecule has 2 saturated heterocycles. The van der Waals surface area contributed by atoms with Crippen molar-refractivity contribution in [1.82, 2.24) is 40.4 Å². The van der Waals surface area contributed by atoms with Gasteiger partial charge in [-0.1, -0.05) is 78.3 Å². The van der Waals surface area contributed by atoms with Gasteiger partial charge in [0.15, 0.2) is 0 Å². The predicted octanol–water partition coefficient (Wildman–Crippen LogP) is 9.09. The molecule has 0 radical (unpaired) electrons. The van der Waals surface area contributed by atoms with Crippen LogP contribution in [0.4, 0.5) is 9.59 Å². The number of amides is 4. The highest BCUT2D eigenvalue weighted by molar-refractivity contribution is 7.19. The average molecular weight is 933 g/mol. The maximum absolute atomic E-state index is 14.0. The lowest BCUT2D eigenvalue weighted by molar-refractivity contribution is -0.136. The van der Waals surface area contributed by atoms with Crippen molar-refractivity contribution in [1.29, 1.82) is 0 Å². The molecule has 4 N–H and O–H groups in total. The molecular weight excluding hydrogens is 869 g/mol. The summed E-state index contributed by atoms with van der Waals surface area (Å²) in [6.07, 6.45) is 8.82. The molecule has 5 atom stereocenters. The predicted molar refractivity (Wildman–Crippen MR) is 259 cm³/mol. The maximum Gasteiger partial charge on any atom is 0.407 e. The number of nitrogens with zero attached hydrogens (tertiary/aromatic N) is 4. The molecule has 2 fully saturated rings. The number of likely N-dealkylation sites (tertiary alicyclic amines) is 2. The highest BCUT2D eigenvalue weighted by Gasteiger charge is 2.41. The van der Waals surface area contributed by atoms with Crippen molar-refractivity contribution in [3.05, 3.63) is 81.8 Å². The third-order valence-corrected chi connectivity index (χ3v) is 15.6. The minimum atomic E-state index is -0.775. The number of hydrogen-bond acceptors (Lipinski definition) is 10. The number of alkyl carbamates (subject to hydrolysis) is 2. The summed E-state index contributed by atoms with van der Waals surface area (Å²) >= 11 is 1.78. The summed E-state index contributed by atoms with van der Waals surface area (Å²) < 4.78 is 9.60. The molecule has 67 heavy (non-hydrogen) atoms. The van der Waals surface area contributed by atoms with Crippen molar-refractivity contribution in [3.63, 3.8) is 0 Å². The highest BCUT2D eigenvalue weighted by Crippen LogP contribution is 2.54. The van der Waals surface area contributed by atoms with E-state index in [1.807, 2.05) is 50.9 Å². The Kier molecular flexibility index (Phi) is 13.9. The molecule has 356 valence electrons. The molecule has 0 bridgehead atoms. The van der Waals surface area contributed by atoms with Crippen molar-refractivity contribution in [2.24, 2.45) is 17.3 Å². The molecule has 8 rings (SSSR count). The van der Waals surface area contributed by atoms with Crippen LogP contribution in [0.3, 0.4) is 0 Å². The Balaban J connectivity index is 1.07. The van der Waals surface area contributed by atoms with Gasteiger partial charge in [0.05, 0.1) is 49.1 Å². The van der Waals surface area contributed by atoms with Gasteiger partial charge in [-0.25, -0.2) is 19.6 Å². The van der Waals surface area contributed by atoms with Gasteiger partial charge in [-0.15, -0.1) is 11.3 Å². The SMILES string of the molecule is CCCC1(CC)Cc2c(-c3ccc(-c4cnc(C5CCCN5C(=O)C(NC(=O)OC)C(C)C)[nH]4)cc3)sc(-c3ccc4nc(C5CCCN5C(=O)C(NC(=O)OC)C(C)C)[nH]c(=O)c4c3)c2C1. The van der Waals surface area contributed by atoms with Gasteiger partial charge in [0.25, 0.3) is 5.56 Å². The molecule has 3 aliphatic rings. The summed E-state index contributed by atoms with van der Waals surface area (Å²) in [6.45, 7) is 13.2. The van der Waals surface area contributed by atoms with E-state index in [4.69, 9.17) is 19.4 Å². The highest BCUT2D eigenvalue weighted by atomic mass is 32.1. The first-order valence-corrected chi connectivity index (χ1v) is 24.7. The first-order chi connectivity index (χ1) is 32.2. The largest absolute Gasteiger partial charge is 0.453 e. The summed E-state index contributed by atoms with van der Waals surface area (Å²) in [7, 11) is 2.57. The van der Waals surface area contributed by atoms with Gasteiger partial charge in [-0.2, -0.15) is 0 Å². The lowest BCUT2D eigenvalue weighted by Crippen LogP contribution is -2.51. The number of aromatic amines is 2. The molecular formula is C51H64N8O7S. The number of rotatable bonds is 14. The summed E-state index contributed by atoms with van der Waals surface area (Å²) in [5, 5.41) is 5.90. The van der Waals surface area contributed by atoms with E-state index in [1.165, 1.54) is 35.1 Å². The standard InChI is InChI=1S/C51H64N8O7S/c1-9-21-51(10-2)25-34-35(26-51)43(32-19-20-36-33(24-32)46(60)57-45(53-36)39-14-12-23-59(39)48(62)41(29(5)6)56-50(64)66-8)67-42(34)31-17-15-30(16-18-31)37-27-52-44(54-37)38-13-11-22-58(38)47(61)40(28(3)4)55-49(63)65-7/h15-20,24,27-29,38-41H,9-14,21-23,25-26H2,1-8H3,(H,52,54)(H,55,63)(H,56,64)(H,53,57,60). The number of fused-ring (bicyclic) bond motifs is 2. The first kappa shape index (κ1) is 47.5. The summed E-state index contributed by atoms with van der Waals surface area (Å²) in [6, 6.07) is 12.4. The van der Waals surface area contributed by atoms with Crippen LogP contribution < -0.4 is 16.2 Å². The molecule has 2 aliphatic heterocycles. The monoisotopic (exact) mass is 932 g/mol. The van der Waals surface area contributed by atoms with Crippen LogP contribution in [0, 0.1) is 17.3 Å². The third kappa shape index (κ3) is 9.33. The summed E-state index contributed by atoms with van der Waals surface area (Å²) in [5.74, 6) is 0.498. The molecule has 4 amide bonds. The van der Waals surface area contributed by atoms with Crippen LogP contribution in [-0.4, -0.2) is 93.1 Å². The average Bonchev–Trinajstić information content (AvgIpc) is 4.18. The lowest BCUT2D eigenvalue weighted by Gasteiger charge is -2.30. The van der Waals surface area contributed by atoms with Gasteiger partial charge in [-0.3, -0.25) is 14.4 Å². The van der Waals surface area contributed by atoms with Crippen molar-refractivity contribution < 1.29 is 28.7 Å². The number of hydrogen-bond donors (Lipinski definition) is 4. The third-order valence-electron chi connectivity index (χ3n) is 14.3. The Morgan fingerprint density at radius 1 is 0.776 bits per heavy atom. The molecule has 1 aliphatic carbocycles. The fraction of sp³-hybridized carbons (Fsp3) is 0.510. The van der Waals surface area contributed by atoms with Crippen LogP contribution in [0.5, 0.6) is 0 Å². The van der Waals surface area contributed by atoms with E-state index in [-0.39, 0.29) is 40.7 Å². The Bertz CT molecular complexity index is 2710. The molecule has 5 heterocycles. The molecule has 5 aromatic rings. The number of aromatic nitrogens is 4. The van der Waals surface area contributed by atoms with Crippen molar-refractivity contribution in [2.75, 3.05) is 27.3 Å². The minimum absolute atomic E-state index is 0.120. The Morgan fingerprint density at radius 3 is 1.85 bits per heavy atom. The number of methoxy groups -OCH3 is 2. The lowest BCUT2D eigenvalue weighted by atomic mass is 9.78. The molecule has 0 saturated carbocycles. The van der Waals surface area contributed by atoms with E-state index in [2.05, 4.69) is 64.8 Å². The van der Waals surface area contributed by atoms with Gasteiger partial charge in [0.2, 0.25) is 11.8 Å². The quantitative estimate of drug-likeness (QED) is 0.0841. The number of carbonyl (C=O) groups excluding carboxylic acids is 4. The molecule has 0 spiro atoms. The van der Waals surface area contributed by atoms with E-state index < -0.39 is 30.3 Å². The number of nitrogens with one attached hydrogen (secondary N) is 4. The van der Waals surface area contributed by atoms with Gasteiger partial charge in [0, 0.05) is 22.8 Å². The van der Waals surface area contributed by atoms with Gasteiger partial charge < -0.3 is 39.9 Å². The van der Waals surface area contributed by atoms with Crippen LogP contribution >= 0.6 is 11.3 Å². The van der Waals surface area contributed by atoms with Crippen LogP contribution in [0.25, 0.3) is 43.0 Å². The Labute approximate surface area is 395 Å². The smallest absolute Gasteiger partial charge is 0.407 e. The zero-order chi connectivity index (χ0) is 47.7. The van der Waals surface area contributed by atoms with Gasteiger partial charge >= 0.3 is 12.2 Å². The Hall–Kier alpha value is -6.03. The molecule has 2 aromatic carbocycles. The topological polar surface area (TPSA) is 192 Å². The van der Waals surface area contributed by atoms with Gasteiger partial charge in [-0.05, 0) is 109 Å². The molecule has 3 aromatic heterocycles. The first-order valence-electron chi connectivity index (χ1n) is 23.8.